The quantitative estimate of drug-likeness (QED) is 0.0358. The molecule has 5 nitrogen and oxygen atoms in total. The highest BCUT2D eigenvalue weighted by atomic mass is 16.6. The minimum absolute atomic E-state index is 0.0575. The van der Waals surface area contributed by atoms with E-state index in [1.807, 2.05) is 0 Å². The fraction of sp³-hybridized carbons (Fsp3) is 0.745. The average molecular weight is 727 g/mol. The van der Waals surface area contributed by atoms with Gasteiger partial charge in [-0.2, -0.15) is 0 Å². The van der Waals surface area contributed by atoms with Gasteiger partial charge in [-0.3, -0.25) is 9.59 Å². The van der Waals surface area contributed by atoms with Crippen LogP contribution in [0.1, 0.15) is 201 Å². The molecule has 0 saturated heterocycles. The van der Waals surface area contributed by atoms with Gasteiger partial charge in [0.05, 0.1) is 6.61 Å². The highest BCUT2D eigenvalue weighted by Crippen LogP contribution is 2.13. The molecule has 0 bridgehead atoms. The van der Waals surface area contributed by atoms with E-state index < -0.39 is 6.10 Å². The van der Waals surface area contributed by atoms with Crippen molar-refractivity contribution in [2.75, 3.05) is 19.8 Å². The monoisotopic (exact) mass is 727 g/mol. The molecule has 1 atom stereocenters. The molecule has 0 aromatic rings. The fourth-order valence-electron chi connectivity index (χ4n) is 5.84. The fourth-order valence-corrected chi connectivity index (χ4v) is 5.84. The van der Waals surface area contributed by atoms with E-state index in [1.54, 1.807) is 0 Å². The minimum Gasteiger partial charge on any atom is -0.462 e. The van der Waals surface area contributed by atoms with Crippen LogP contribution in [0.2, 0.25) is 0 Å². The lowest BCUT2D eigenvalue weighted by Crippen LogP contribution is -2.30. The predicted molar refractivity (Wildman–Crippen MR) is 224 cm³/mol. The Hall–Kier alpha value is -2.40. The van der Waals surface area contributed by atoms with E-state index in [4.69, 9.17) is 14.2 Å². The Morgan fingerprint density at radius 2 is 0.865 bits per heavy atom. The lowest BCUT2D eigenvalue weighted by Gasteiger charge is -2.18. The van der Waals surface area contributed by atoms with Crippen LogP contribution in [0.5, 0.6) is 0 Å². The van der Waals surface area contributed by atoms with Gasteiger partial charge in [0, 0.05) is 19.4 Å². The Balaban J connectivity index is 4.29. The zero-order chi connectivity index (χ0) is 37.8. The molecule has 0 N–H and O–H groups in total. The van der Waals surface area contributed by atoms with Gasteiger partial charge < -0.3 is 14.2 Å². The standard InChI is InChI=1S/C47H82O5/c1-4-7-10-13-16-19-21-22-23-24-25-26-28-29-31-34-37-40-46(48)51-44-45(43-50-42-39-36-33-18-15-12-9-6-3)52-47(49)41-38-35-32-30-27-20-17-14-11-8-5-2/h7,10,16,19,22-23,25-26,29,31,45H,4-6,8-9,11-15,17-18,20-21,24,27-28,30,32-44H2,1-3H3/b10-7-,19-16-,23-22-,26-25-,31-29-. The first-order valence-electron chi connectivity index (χ1n) is 21.8. The first-order valence-corrected chi connectivity index (χ1v) is 21.8. The molecule has 0 aliphatic heterocycles. The van der Waals surface area contributed by atoms with Crippen molar-refractivity contribution in [1.82, 2.24) is 0 Å². The van der Waals surface area contributed by atoms with Crippen molar-refractivity contribution < 1.29 is 23.8 Å². The predicted octanol–water partition coefficient (Wildman–Crippen LogP) is 14.2. The van der Waals surface area contributed by atoms with Crippen LogP contribution in [0, 0.1) is 0 Å². The summed E-state index contributed by atoms with van der Waals surface area (Å²) in [6.07, 6.45) is 52.2. The van der Waals surface area contributed by atoms with Crippen molar-refractivity contribution in [3.8, 4) is 0 Å². The van der Waals surface area contributed by atoms with Gasteiger partial charge in [0.1, 0.15) is 6.61 Å². The van der Waals surface area contributed by atoms with E-state index in [9.17, 15) is 9.59 Å². The second kappa shape index (κ2) is 43.0. The van der Waals surface area contributed by atoms with Crippen LogP contribution < -0.4 is 0 Å². The van der Waals surface area contributed by atoms with E-state index in [-0.39, 0.29) is 25.2 Å². The van der Waals surface area contributed by atoms with E-state index in [0.29, 0.717) is 19.4 Å². The Labute approximate surface area is 322 Å². The number of rotatable bonds is 39. The van der Waals surface area contributed by atoms with Gasteiger partial charge in [-0.25, -0.2) is 0 Å². The summed E-state index contributed by atoms with van der Waals surface area (Å²) in [7, 11) is 0. The van der Waals surface area contributed by atoms with E-state index >= 15 is 0 Å². The van der Waals surface area contributed by atoms with Crippen molar-refractivity contribution in [2.24, 2.45) is 0 Å². The summed E-state index contributed by atoms with van der Waals surface area (Å²) in [4.78, 5) is 25.1. The lowest BCUT2D eigenvalue weighted by atomic mass is 10.1. The molecular weight excluding hydrogens is 645 g/mol. The zero-order valence-corrected chi connectivity index (χ0v) is 34.3. The third kappa shape index (κ3) is 40.4. The lowest BCUT2D eigenvalue weighted by molar-refractivity contribution is -0.163. The maximum Gasteiger partial charge on any atom is 0.306 e. The zero-order valence-electron chi connectivity index (χ0n) is 34.3. The molecule has 0 aromatic heterocycles. The van der Waals surface area contributed by atoms with Gasteiger partial charge in [0.25, 0.3) is 0 Å². The molecule has 0 aliphatic carbocycles. The summed E-state index contributed by atoms with van der Waals surface area (Å²) in [5.74, 6) is -0.465. The average Bonchev–Trinajstić information content (AvgIpc) is 3.14. The minimum atomic E-state index is -0.552. The van der Waals surface area contributed by atoms with Crippen LogP contribution in [0.3, 0.4) is 0 Å². The van der Waals surface area contributed by atoms with Gasteiger partial charge in [0.15, 0.2) is 6.10 Å². The molecule has 300 valence electrons. The van der Waals surface area contributed by atoms with Crippen LogP contribution in [0.15, 0.2) is 60.8 Å². The molecule has 0 heterocycles. The molecular formula is C47H82O5. The molecule has 0 radical (unpaired) electrons. The molecule has 52 heavy (non-hydrogen) atoms. The Morgan fingerprint density at radius 1 is 0.442 bits per heavy atom. The summed E-state index contributed by atoms with van der Waals surface area (Å²) < 4.78 is 17.2. The third-order valence-electron chi connectivity index (χ3n) is 9.07. The van der Waals surface area contributed by atoms with E-state index in [2.05, 4.69) is 81.5 Å². The largest absolute Gasteiger partial charge is 0.462 e. The smallest absolute Gasteiger partial charge is 0.306 e. The second-order valence-corrected chi connectivity index (χ2v) is 14.2. The number of hydrogen-bond acceptors (Lipinski definition) is 5. The normalized spacial score (nSPS) is 12.8. The van der Waals surface area contributed by atoms with Gasteiger partial charge in [-0.05, 0) is 57.8 Å². The number of hydrogen-bond donors (Lipinski definition) is 0. The van der Waals surface area contributed by atoms with Crippen LogP contribution in [-0.2, 0) is 23.8 Å². The Bertz CT molecular complexity index is 915. The maximum absolute atomic E-state index is 12.6. The van der Waals surface area contributed by atoms with Gasteiger partial charge in [0.2, 0.25) is 0 Å². The van der Waals surface area contributed by atoms with Crippen LogP contribution in [-0.4, -0.2) is 37.9 Å². The summed E-state index contributed by atoms with van der Waals surface area (Å²) in [6, 6.07) is 0. The molecule has 0 fully saturated rings. The summed E-state index contributed by atoms with van der Waals surface area (Å²) in [5.41, 5.74) is 0. The summed E-state index contributed by atoms with van der Waals surface area (Å²) >= 11 is 0. The molecule has 1 unspecified atom stereocenters. The summed E-state index contributed by atoms with van der Waals surface area (Å²) in [5, 5.41) is 0. The molecule has 0 aliphatic rings. The summed E-state index contributed by atoms with van der Waals surface area (Å²) in [6.45, 7) is 7.63. The number of allylic oxidation sites excluding steroid dienone is 10. The molecule has 0 aromatic carbocycles. The molecule has 0 spiro atoms. The van der Waals surface area contributed by atoms with E-state index in [0.717, 1.165) is 70.6 Å². The molecule has 0 amide bonds. The van der Waals surface area contributed by atoms with Gasteiger partial charge in [-0.15, -0.1) is 0 Å². The van der Waals surface area contributed by atoms with Crippen molar-refractivity contribution in [2.45, 2.75) is 207 Å². The topological polar surface area (TPSA) is 61.8 Å². The van der Waals surface area contributed by atoms with Crippen molar-refractivity contribution in [1.29, 1.82) is 0 Å². The number of carbonyl (C=O) groups is 2. The Morgan fingerprint density at radius 3 is 1.37 bits per heavy atom. The van der Waals surface area contributed by atoms with E-state index in [1.165, 1.54) is 96.3 Å². The number of ether oxygens (including phenoxy) is 3. The Kier molecular flexibility index (Phi) is 41.0. The maximum atomic E-state index is 12.6. The van der Waals surface area contributed by atoms with Crippen molar-refractivity contribution in [3.63, 3.8) is 0 Å². The number of unbranched alkanes of at least 4 members (excludes halogenated alkanes) is 18. The first-order chi connectivity index (χ1) is 25.6. The molecule has 0 saturated carbocycles. The molecule has 0 rings (SSSR count). The SMILES string of the molecule is CC/C=C\C/C=C\C/C=C\C/C=C\C/C=C\CCCC(=O)OCC(COCCCCCCCCCC)OC(=O)CCCCCCCCCCCCC. The molecule has 5 heteroatoms. The van der Waals surface area contributed by atoms with Crippen LogP contribution in [0.4, 0.5) is 0 Å². The first kappa shape index (κ1) is 49.6. The third-order valence-corrected chi connectivity index (χ3v) is 9.07. The highest BCUT2D eigenvalue weighted by molar-refractivity contribution is 5.70. The highest BCUT2D eigenvalue weighted by Gasteiger charge is 2.17. The van der Waals surface area contributed by atoms with Crippen molar-refractivity contribution in [3.05, 3.63) is 60.8 Å². The number of carbonyl (C=O) groups excluding carboxylic acids is 2. The van der Waals surface area contributed by atoms with Gasteiger partial charge in [-0.1, -0.05) is 191 Å². The van der Waals surface area contributed by atoms with Crippen LogP contribution in [0.25, 0.3) is 0 Å². The number of esters is 2. The van der Waals surface area contributed by atoms with Crippen molar-refractivity contribution >= 4 is 11.9 Å². The second-order valence-electron chi connectivity index (χ2n) is 14.2. The van der Waals surface area contributed by atoms with Crippen LogP contribution >= 0.6 is 0 Å². The van der Waals surface area contributed by atoms with Gasteiger partial charge >= 0.3 is 11.9 Å².